The predicted molar refractivity (Wildman–Crippen MR) is 81.1 cm³/mol. The minimum absolute atomic E-state index is 0.670. The molecule has 0 saturated heterocycles. The maximum absolute atomic E-state index is 5.93. The molecule has 2 nitrogen and oxygen atoms in total. The molecule has 1 aromatic carbocycles. The smallest absolute Gasteiger partial charge is 0.122 e. The molecule has 1 N–H and O–H groups in total. The number of rotatable bonds is 5. The number of benzene rings is 1. The Morgan fingerprint density at radius 2 is 2.11 bits per heavy atom. The molecule has 0 amide bonds. The summed E-state index contributed by atoms with van der Waals surface area (Å²) < 4.78 is 5.80. The molecule has 0 heterocycles. The van der Waals surface area contributed by atoms with Gasteiger partial charge >= 0.3 is 0 Å². The molecule has 19 heavy (non-hydrogen) atoms. The van der Waals surface area contributed by atoms with Gasteiger partial charge in [0.1, 0.15) is 12.4 Å². The first-order valence-corrected chi connectivity index (χ1v) is 7.67. The number of hydrogen-bond donors (Lipinski definition) is 1. The van der Waals surface area contributed by atoms with Crippen LogP contribution in [0.4, 0.5) is 0 Å². The summed E-state index contributed by atoms with van der Waals surface area (Å²) in [6, 6.07) is 6.43. The molecule has 0 radical (unpaired) electrons. The number of halogens is 1. The Kier molecular flexibility index (Phi) is 5.53. The quantitative estimate of drug-likeness (QED) is 0.817. The summed E-state index contributed by atoms with van der Waals surface area (Å²) in [5.74, 6) is 1.73. The Labute approximate surface area is 121 Å². The third-order valence-electron chi connectivity index (χ3n) is 4.01. The van der Waals surface area contributed by atoms with Gasteiger partial charge in [0.2, 0.25) is 0 Å². The molecule has 1 aliphatic rings. The van der Waals surface area contributed by atoms with Crippen LogP contribution in [0.1, 0.15) is 38.2 Å². The average molecular weight is 282 g/mol. The molecule has 2 rings (SSSR count). The standard InChI is InChI=1S/C16H24ClNO/c1-12-5-3-4-6-15(12)18-9-10-19-16-8-7-14(17)11-13(16)2/h7-8,11-12,15,18H,3-6,9-10H2,1-2H3. The number of hydrogen-bond acceptors (Lipinski definition) is 2. The van der Waals surface area contributed by atoms with Crippen molar-refractivity contribution in [2.75, 3.05) is 13.2 Å². The van der Waals surface area contributed by atoms with Gasteiger partial charge in [-0.1, -0.05) is 31.4 Å². The van der Waals surface area contributed by atoms with Gasteiger partial charge in [-0.05, 0) is 49.4 Å². The van der Waals surface area contributed by atoms with E-state index in [4.69, 9.17) is 16.3 Å². The molecule has 0 spiro atoms. The predicted octanol–water partition coefficient (Wildman–Crippen LogP) is 4.20. The summed E-state index contributed by atoms with van der Waals surface area (Å²) in [6.45, 7) is 6.00. The normalized spacial score (nSPS) is 23.3. The van der Waals surface area contributed by atoms with Gasteiger partial charge in [-0.15, -0.1) is 0 Å². The Balaban J connectivity index is 1.71. The zero-order valence-electron chi connectivity index (χ0n) is 11.9. The van der Waals surface area contributed by atoms with Gasteiger partial charge in [0.15, 0.2) is 0 Å². The molecule has 3 heteroatoms. The van der Waals surface area contributed by atoms with Crippen LogP contribution in [0.25, 0.3) is 0 Å². The first kappa shape index (κ1) is 14.7. The zero-order chi connectivity index (χ0) is 13.7. The second-order valence-electron chi connectivity index (χ2n) is 5.58. The van der Waals surface area contributed by atoms with Crippen LogP contribution in [0.3, 0.4) is 0 Å². The van der Waals surface area contributed by atoms with Gasteiger partial charge in [0, 0.05) is 17.6 Å². The minimum atomic E-state index is 0.670. The van der Waals surface area contributed by atoms with Crippen LogP contribution >= 0.6 is 11.6 Å². The average Bonchev–Trinajstić information content (AvgIpc) is 2.38. The molecular weight excluding hydrogens is 258 g/mol. The van der Waals surface area contributed by atoms with Crippen molar-refractivity contribution in [1.82, 2.24) is 5.32 Å². The van der Waals surface area contributed by atoms with Crippen molar-refractivity contribution in [1.29, 1.82) is 0 Å². The monoisotopic (exact) mass is 281 g/mol. The van der Waals surface area contributed by atoms with E-state index >= 15 is 0 Å². The lowest BCUT2D eigenvalue weighted by molar-refractivity contribution is 0.250. The first-order valence-electron chi connectivity index (χ1n) is 7.29. The third kappa shape index (κ3) is 4.39. The van der Waals surface area contributed by atoms with E-state index in [1.54, 1.807) is 0 Å². The zero-order valence-corrected chi connectivity index (χ0v) is 12.7. The molecule has 2 unspecified atom stereocenters. The molecular formula is C16H24ClNO. The second kappa shape index (κ2) is 7.16. The number of ether oxygens (including phenoxy) is 1. The van der Waals surface area contributed by atoms with Crippen molar-refractivity contribution in [3.05, 3.63) is 28.8 Å². The van der Waals surface area contributed by atoms with Gasteiger partial charge in [-0.2, -0.15) is 0 Å². The molecule has 0 aromatic heterocycles. The molecule has 1 aliphatic carbocycles. The number of aryl methyl sites for hydroxylation is 1. The molecule has 0 aliphatic heterocycles. The Morgan fingerprint density at radius 3 is 2.84 bits per heavy atom. The van der Waals surface area contributed by atoms with Gasteiger partial charge in [-0.25, -0.2) is 0 Å². The van der Waals surface area contributed by atoms with Gasteiger partial charge in [0.25, 0.3) is 0 Å². The highest BCUT2D eigenvalue weighted by Crippen LogP contribution is 2.24. The summed E-state index contributed by atoms with van der Waals surface area (Å²) in [5, 5.41) is 4.38. The second-order valence-corrected chi connectivity index (χ2v) is 6.02. The number of nitrogens with one attached hydrogen (secondary N) is 1. The Bertz CT molecular complexity index is 408. The van der Waals surface area contributed by atoms with E-state index in [1.807, 2.05) is 25.1 Å². The van der Waals surface area contributed by atoms with Crippen molar-refractivity contribution in [2.45, 2.75) is 45.6 Å². The SMILES string of the molecule is Cc1cc(Cl)ccc1OCCNC1CCCCC1C. The largest absolute Gasteiger partial charge is 0.492 e. The van der Waals surface area contributed by atoms with Gasteiger partial charge in [-0.3, -0.25) is 0 Å². The van der Waals surface area contributed by atoms with E-state index in [1.165, 1.54) is 25.7 Å². The van der Waals surface area contributed by atoms with E-state index in [-0.39, 0.29) is 0 Å². The lowest BCUT2D eigenvalue weighted by Crippen LogP contribution is -2.39. The first-order chi connectivity index (χ1) is 9.16. The Morgan fingerprint density at radius 1 is 1.32 bits per heavy atom. The fourth-order valence-electron chi connectivity index (χ4n) is 2.80. The van der Waals surface area contributed by atoms with Gasteiger partial charge < -0.3 is 10.1 Å². The lowest BCUT2D eigenvalue weighted by Gasteiger charge is -2.29. The van der Waals surface area contributed by atoms with E-state index < -0.39 is 0 Å². The fraction of sp³-hybridized carbons (Fsp3) is 0.625. The minimum Gasteiger partial charge on any atom is -0.492 e. The van der Waals surface area contributed by atoms with Crippen LogP contribution < -0.4 is 10.1 Å². The van der Waals surface area contributed by atoms with Crippen molar-refractivity contribution >= 4 is 11.6 Å². The highest BCUT2D eigenvalue weighted by molar-refractivity contribution is 6.30. The van der Waals surface area contributed by atoms with Crippen LogP contribution in [-0.2, 0) is 0 Å². The van der Waals surface area contributed by atoms with E-state index in [9.17, 15) is 0 Å². The maximum Gasteiger partial charge on any atom is 0.122 e. The summed E-state index contributed by atoms with van der Waals surface area (Å²) in [7, 11) is 0. The summed E-state index contributed by atoms with van der Waals surface area (Å²) in [5.41, 5.74) is 1.10. The summed E-state index contributed by atoms with van der Waals surface area (Å²) in [6.07, 6.45) is 5.41. The highest BCUT2D eigenvalue weighted by atomic mass is 35.5. The third-order valence-corrected chi connectivity index (χ3v) is 4.25. The Hall–Kier alpha value is -0.730. The van der Waals surface area contributed by atoms with Crippen LogP contribution in [0, 0.1) is 12.8 Å². The molecule has 106 valence electrons. The van der Waals surface area contributed by atoms with E-state index in [2.05, 4.69) is 12.2 Å². The molecule has 0 bridgehead atoms. The molecule has 1 fully saturated rings. The molecule has 1 saturated carbocycles. The lowest BCUT2D eigenvalue weighted by atomic mass is 9.86. The maximum atomic E-state index is 5.93. The van der Waals surface area contributed by atoms with Crippen molar-refractivity contribution in [3.8, 4) is 5.75 Å². The summed E-state index contributed by atoms with van der Waals surface area (Å²) >= 11 is 5.93. The highest BCUT2D eigenvalue weighted by Gasteiger charge is 2.20. The van der Waals surface area contributed by atoms with Crippen LogP contribution in [0.2, 0.25) is 5.02 Å². The van der Waals surface area contributed by atoms with Crippen LogP contribution in [0.5, 0.6) is 5.75 Å². The van der Waals surface area contributed by atoms with Crippen LogP contribution in [-0.4, -0.2) is 19.2 Å². The van der Waals surface area contributed by atoms with Crippen molar-refractivity contribution in [3.63, 3.8) is 0 Å². The fourth-order valence-corrected chi connectivity index (χ4v) is 3.03. The van der Waals surface area contributed by atoms with Crippen molar-refractivity contribution in [2.24, 2.45) is 5.92 Å². The van der Waals surface area contributed by atoms with Crippen LogP contribution in [0.15, 0.2) is 18.2 Å². The van der Waals surface area contributed by atoms with Gasteiger partial charge in [0.05, 0.1) is 0 Å². The van der Waals surface area contributed by atoms with E-state index in [0.29, 0.717) is 12.6 Å². The molecule has 1 aromatic rings. The molecule has 2 atom stereocenters. The van der Waals surface area contributed by atoms with Crippen molar-refractivity contribution < 1.29 is 4.74 Å². The topological polar surface area (TPSA) is 21.3 Å². The van der Waals surface area contributed by atoms with E-state index in [0.717, 1.165) is 28.8 Å². The summed E-state index contributed by atoms with van der Waals surface area (Å²) in [4.78, 5) is 0.